The van der Waals surface area contributed by atoms with E-state index in [0.29, 0.717) is 17.9 Å². The minimum Gasteiger partial charge on any atom is -0.508 e. The number of carbonyl (C=O) groups is 4. The predicted octanol–water partition coefficient (Wildman–Crippen LogP) is 2.86. The van der Waals surface area contributed by atoms with Crippen LogP contribution in [0.3, 0.4) is 0 Å². The molecule has 2 saturated heterocycles. The van der Waals surface area contributed by atoms with Crippen molar-refractivity contribution >= 4 is 47.6 Å². The molecule has 0 radical (unpaired) electrons. The number of hydrogen-bond donors (Lipinski definition) is 3. The Hall–Kier alpha value is -5.00. The lowest BCUT2D eigenvalue weighted by Crippen LogP contribution is -2.51. The van der Waals surface area contributed by atoms with Crippen LogP contribution in [0, 0.1) is 35.0 Å². The molecular weight excluding hydrogens is 599 g/mol. The minimum atomic E-state index is -1.77. The number of nitrogens with zero attached hydrogens (tertiary/aromatic N) is 2. The van der Waals surface area contributed by atoms with E-state index in [-0.39, 0.29) is 47.5 Å². The van der Waals surface area contributed by atoms with Crippen LogP contribution in [0.5, 0.6) is 11.5 Å². The number of ether oxygens (including phenoxy) is 1. The molecule has 3 aromatic carbocycles. The van der Waals surface area contributed by atoms with Gasteiger partial charge in [-0.25, -0.2) is 4.90 Å². The standard InChI is InChI=1S/C36H31BN2O8/c1-36-28(33(42)39(35(36)44)22-7-3-2-4-8-22)17-27-25(31(36)20-14-19-15-24(40)10-13-29(19)47-18-20)11-12-26-30(27)34(43)38(32(26)41)23-9-5-6-21(16-23)37(45)46/h2-11,13,15-16,18,26-28,30-31,40,45-46H,12,14,17H2,1H3/t26-,27+,28-,30-,31-,36+/m0/s1. The second-order valence-electron chi connectivity index (χ2n) is 13.3. The van der Waals surface area contributed by atoms with Gasteiger partial charge in [0.1, 0.15) is 11.5 Å². The molecule has 5 aliphatic rings. The van der Waals surface area contributed by atoms with Gasteiger partial charge in [-0.05, 0) is 79.2 Å². The number of phenols is 1. The molecule has 6 atom stereocenters. The normalized spacial score (nSPS) is 29.4. The van der Waals surface area contributed by atoms with Gasteiger partial charge < -0.3 is 19.9 Å². The van der Waals surface area contributed by atoms with Crippen molar-refractivity contribution in [3.63, 3.8) is 0 Å². The lowest BCUT2D eigenvalue weighted by molar-refractivity contribution is -0.132. The Bertz CT molecular complexity index is 1940. The van der Waals surface area contributed by atoms with E-state index in [1.165, 1.54) is 23.1 Å². The summed E-state index contributed by atoms with van der Waals surface area (Å²) in [5, 5.41) is 29.7. The van der Waals surface area contributed by atoms with E-state index in [1.807, 2.05) is 19.1 Å². The number of rotatable bonds is 4. The molecule has 8 rings (SSSR count). The maximum atomic E-state index is 14.6. The maximum absolute atomic E-state index is 14.6. The largest absolute Gasteiger partial charge is 0.508 e. The zero-order valence-corrected chi connectivity index (χ0v) is 25.4. The van der Waals surface area contributed by atoms with Gasteiger partial charge in [0.2, 0.25) is 23.6 Å². The number of hydrogen-bond acceptors (Lipinski definition) is 8. The van der Waals surface area contributed by atoms with Crippen molar-refractivity contribution in [3.05, 3.63) is 102 Å². The van der Waals surface area contributed by atoms with Gasteiger partial charge in [0.05, 0.1) is 40.8 Å². The summed E-state index contributed by atoms with van der Waals surface area (Å²) in [4.78, 5) is 59.4. The lowest BCUT2D eigenvalue weighted by atomic mass is 9.51. The zero-order chi connectivity index (χ0) is 32.8. The number of imide groups is 2. The van der Waals surface area contributed by atoms with Crippen molar-refractivity contribution < 1.29 is 39.1 Å². The lowest BCUT2D eigenvalue weighted by Gasteiger charge is -2.49. The molecular formula is C36H31BN2O8. The Morgan fingerprint density at radius 2 is 1.62 bits per heavy atom. The number of phenolic OH excluding ortho intramolecular Hbond substituents is 1. The summed E-state index contributed by atoms with van der Waals surface area (Å²) in [5.74, 6) is -4.15. The van der Waals surface area contributed by atoms with Gasteiger partial charge in [-0.1, -0.05) is 42.0 Å². The highest BCUT2D eigenvalue weighted by Gasteiger charge is 2.68. The van der Waals surface area contributed by atoms with Gasteiger partial charge in [-0.2, -0.15) is 0 Å². The summed E-state index contributed by atoms with van der Waals surface area (Å²) < 4.78 is 6.04. The van der Waals surface area contributed by atoms with Crippen LogP contribution in [0.2, 0.25) is 0 Å². The number of fused-ring (bicyclic) bond motifs is 5. The molecule has 3 aromatic rings. The van der Waals surface area contributed by atoms with E-state index in [1.54, 1.807) is 54.8 Å². The molecule has 1 saturated carbocycles. The number of allylic oxidation sites excluding steroid dienone is 3. The van der Waals surface area contributed by atoms with Crippen LogP contribution < -0.4 is 20.0 Å². The number of para-hydroxylation sites is 1. The first-order valence-corrected chi connectivity index (χ1v) is 15.7. The third-order valence-corrected chi connectivity index (χ3v) is 10.9. The Kier molecular flexibility index (Phi) is 6.58. The monoisotopic (exact) mass is 630 g/mol. The van der Waals surface area contributed by atoms with Crippen molar-refractivity contribution in [2.45, 2.75) is 26.2 Å². The number of carbonyl (C=O) groups excluding carboxylic acids is 4. The quantitative estimate of drug-likeness (QED) is 0.227. The molecule has 4 amide bonds. The van der Waals surface area contributed by atoms with Gasteiger partial charge in [0.15, 0.2) is 0 Å². The molecule has 0 spiro atoms. The highest BCUT2D eigenvalue weighted by Crippen LogP contribution is 2.63. The first kappa shape index (κ1) is 29.4. The van der Waals surface area contributed by atoms with Crippen molar-refractivity contribution in [2.24, 2.45) is 35.0 Å². The molecule has 3 aliphatic heterocycles. The number of anilines is 2. The fourth-order valence-electron chi connectivity index (χ4n) is 8.75. The van der Waals surface area contributed by atoms with Crippen molar-refractivity contribution in [1.82, 2.24) is 0 Å². The molecule has 3 N–H and O–H groups in total. The maximum Gasteiger partial charge on any atom is 0.488 e. The van der Waals surface area contributed by atoms with Crippen LogP contribution >= 0.6 is 0 Å². The fourth-order valence-corrected chi connectivity index (χ4v) is 8.75. The van der Waals surface area contributed by atoms with Crippen LogP contribution in [-0.2, 0) is 25.6 Å². The number of benzene rings is 3. The predicted molar refractivity (Wildman–Crippen MR) is 171 cm³/mol. The number of amides is 4. The van der Waals surface area contributed by atoms with Crippen molar-refractivity contribution in [3.8, 4) is 11.5 Å². The van der Waals surface area contributed by atoms with E-state index in [9.17, 15) is 34.3 Å². The molecule has 2 aliphatic carbocycles. The van der Waals surface area contributed by atoms with E-state index in [4.69, 9.17) is 4.74 Å². The van der Waals surface area contributed by atoms with Gasteiger partial charge >= 0.3 is 7.12 Å². The summed E-state index contributed by atoms with van der Waals surface area (Å²) in [7, 11) is -1.77. The Morgan fingerprint density at radius 1 is 0.851 bits per heavy atom. The van der Waals surface area contributed by atoms with Crippen molar-refractivity contribution in [1.29, 1.82) is 0 Å². The summed E-state index contributed by atoms with van der Waals surface area (Å²) >= 11 is 0. The Morgan fingerprint density at radius 3 is 2.38 bits per heavy atom. The Balaban J connectivity index is 1.24. The average molecular weight is 630 g/mol. The van der Waals surface area contributed by atoms with Crippen LogP contribution in [0.25, 0.3) is 0 Å². The fraction of sp³-hybridized carbons (Fsp3) is 0.278. The van der Waals surface area contributed by atoms with Crippen molar-refractivity contribution in [2.75, 3.05) is 9.80 Å². The van der Waals surface area contributed by atoms with Crippen LogP contribution in [0.1, 0.15) is 25.3 Å². The molecule has 0 aromatic heterocycles. The Labute approximate surface area is 270 Å². The second kappa shape index (κ2) is 10.5. The zero-order valence-electron chi connectivity index (χ0n) is 25.4. The third kappa shape index (κ3) is 4.19. The molecule has 3 fully saturated rings. The van der Waals surface area contributed by atoms with Gasteiger partial charge in [0.25, 0.3) is 0 Å². The summed E-state index contributed by atoms with van der Waals surface area (Å²) in [6, 6.07) is 19.7. The first-order valence-electron chi connectivity index (χ1n) is 15.7. The van der Waals surface area contributed by atoms with Crippen LogP contribution in [0.15, 0.2) is 96.3 Å². The smallest absolute Gasteiger partial charge is 0.488 e. The van der Waals surface area contributed by atoms with Gasteiger partial charge in [0, 0.05) is 17.9 Å². The molecule has 0 bridgehead atoms. The van der Waals surface area contributed by atoms with Crippen LogP contribution in [-0.4, -0.2) is 45.9 Å². The number of aromatic hydroxyl groups is 1. The van der Waals surface area contributed by atoms with E-state index < -0.39 is 48.0 Å². The molecule has 11 heteroatoms. The average Bonchev–Trinajstić information content (AvgIpc) is 3.44. The molecule has 47 heavy (non-hydrogen) atoms. The summed E-state index contributed by atoms with van der Waals surface area (Å²) in [6.07, 6.45) is 4.44. The molecule has 0 unspecified atom stereocenters. The topological polar surface area (TPSA) is 145 Å². The van der Waals surface area contributed by atoms with E-state index >= 15 is 0 Å². The molecule has 3 heterocycles. The SMILES string of the molecule is C[C@@]12C(=O)N(c3ccccc3)C(=O)[C@@H]1C[C@@H]1C(=CC[C@@H]3C(=O)N(c4cccc(B(O)O)c4)C(=O)[C@@H]31)[C@@H]2C1=COc2ccc(O)cc2C1. The second-order valence-corrected chi connectivity index (χ2v) is 13.3. The van der Waals surface area contributed by atoms with Crippen LogP contribution in [0.4, 0.5) is 11.4 Å². The van der Waals surface area contributed by atoms with Gasteiger partial charge in [-0.15, -0.1) is 0 Å². The summed E-state index contributed by atoms with van der Waals surface area (Å²) in [6.45, 7) is 1.83. The molecule has 10 nitrogen and oxygen atoms in total. The third-order valence-electron chi connectivity index (χ3n) is 10.9. The summed E-state index contributed by atoms with van der Waals surface area (Å²) in [5.41, 5.74) is 1.99. The molecule has 236 valence electrons. The highest BCUT2D eigenvalue weighted by molar-refractivity contribution is 6.58. The highest BCUT2D eigenvalue weighted by atomic mass is 16.5. The minimum absolute atomic E-state index is 0.0780. The first-order chi connectivity index (χ1) is 22.6. The van der Waals surface area contributed by atoms with E-state index in [0.717, 1.165) is 21.6 Å². The van der Waals surface area contributed by atoms with E-state index in [2.05, 4.69) is 0 Å². The van der Waals surface area contributed by atoms with Gasteiger partial charge in [-0.3, -0.25) is 24.1 Å².